The van der Waals surface area contributed by atoms with Crippen molar-refractivity contribution in [3.63, 3.8) is 0 Å². The molecule has 0 fully saturated rings. The van der Waals surface area contributed by atoms with Gasteiger partial charge < -0.3 is 5.32 Å². The average Bonchev–Trinajstić information content (AvgIpc) is 2.51. The van der Waals surface area contributed by atoms with Crippen molar-refractivity contribution >= 4 is 11.5 Å². The molecule has 1 unspecified atom stereocenters. The molecule has 1 heterocycles. The van der Waals surface area contributed by atoms with Crippen LogP contribution in [0.4, 0.5) is 0 Å². The predicted octanol–water partition coefficient (Wildman–Crippen LogP) is 2.41. The van der Waals surface area contributed by atoms with E-state index in [1.165, 1.54) is 16.4 Å². The summed E-state index contributed by atoms with van der Waals surface area (Å²) in [4.78, 5) is 1.28. The Hall–Kier alpha value is -0.480. The smallest absolute Gasteiger partial charge is 0.0801 e. The zero-order chi connectivity index (χ0) is 10.8. The van der Waals surface area contributed by atoms with Crippen molar-refractivity contribution in [2.24, 2.45) is 5.41 Å². The molecule has 3 nitrogen and oxygen atoms in total. The van der Waals surface area contributed by atoms with E-state index in [9.17, 15) is 0 Å². The molecule has 0 saturated carbocycles. The lowest BCUT2D eigenvalue weighted by Gasteiger charge is -2.29. The van der Waals surface area contributed by atoms with E-state index in [4.69, 9.17) is 0 Å². The van der Waals surface area contributed by atoms with E-state index in [0.29, 0.717) is 6.04 Å². The van der Waals surface area contributed by atoms with Gasteiger partial charge >= 0.3 is 0 Å². The number of hydrogen-bond donors (Lipinski definition) is 1. The zero-order valence-electron chi connectivity index (χ0n) is 9.59. The second-order valence-corrected chi connectivity index (χ2v) is 5.31. The normalized spacial score (nSPS) is 14.4. The summed E-state index contributed by atoms with van der Waals surface area (Å²) >= 11 is 1.51. The van der Waals surface area contributed by atoms with E-state index in [0.717, 1.165) is 12.1 Å². The van der Waals surface area contributed by atoms with Crippen LogP contribution in [0.2, 0.25) is 0 Å². The van der Waals surface area contributed by atoms with Gasteiger partial charge in [-0.1, -0.05) is 32.2 Å². The highest BCUT2D eigenvalue weighted by Crippen LogP contribution is 2.35. The van der Waals surface area contributed by atoms with Gasteiger partial charge in [0.25, 0.3) is 0 Å². The predicted molar refractivity (Wildman–Crippen MR) is 60.5 cm³/mol. The van der Waals surface area contributed by atoms with E-state index < -0.39 is 0 Å². The minimum atomic E-state index is 0.201. The summed E-state index contributed by atoms with van der Waals surface area (Å²) < 4.78 is 4.03. The monoisotopic (exact) mass is 213 g/mol. The molecule has 0 aliphatic rings. The molecule has 1 aromatic heterocycles. The number of hydrogen-bond acceptors (Lipinski definition) is 4. The molecule has 0 saturated heterocycles. The second-order valence-electron chi connectivity index (χ2n) is 4.53. The van der Waals surface area contributed by atoms with Crippen molar-refractivity contribution in [3.8, 4) is 0 Å². The van der Waals surface area contributed by atoms with Gasteiger partial charge in [-0.2, -0.15) is 0 Å². The highest BCUT2D eigenvalue weighted by Gasteiger charge is 2.28. The van der Waals surface area contributed by atoms with E-state index in [1.807, 2.05) is 7.05 Å². The molecule has 14 heavy (non-hydrogen) atoms. The van der Waals surface area contributed by atoms with Crippen LogP contribution in [-0.2, 0) is 6.42 Å². The fraction of sp³-hybridized carbons (Fsp3) is 0.800. The van der Waals surface area contributed by atoms with Crippen LogP contribution in [0.25, 0.3) is 0 Å². The molecule has 0 aliphatic carbocycles. The first-order valence-corrected chi connectivity index (χ1v) is 5.76. The van der Waals surface area contributed by atoms with Gasteiger partial charge in [0, 0.05) is 6.04 Å². The van der Waals surface area contributed by atoms with Gasteiger partial charge in [-0.15, -0.1) is 5.10 Å². The molecule has 80 valence electrons. The molecule has 1 atom stereocenters. The van der Waals surface area contributed by atoms with Crippen LogP contribution >= 0.6 is 11.5 Å². The summed E-state index contributed by atoms with van der Waals surface area (Å²) in [6, 6.07) is 0.345. The summed E-state index contributed by atoms with van der Waals surface area (Å²) in [7, 11) is 2.00. The van der Waals surface area contributed by atoms with Gasteiger partial charge in [0.1, 0.15) is 0 Å². The molecule has 1 N–H and O–H groups in total. The number of nitrogens with one attached hydrogen (secondary N) is 1. The lowest BCUT2D eigenvalue weighted by molar-refractivity contribution is 0.289. The molecule has 4 heteroatoms. The number of nitrogens with zero attached hydrogens (tertiary/aromatic N) is 2. The molecule has 0 amide bonds. The first-order valence-electron chi connectivity index (χ1n) is 4.99. The lowest BCUT2D eigenvalue weighted by Crippen LogP contribution is -2.29. The lowest BCUT2D eigenvalue weighted by atomic mass is 9.85. The Kier molecular flexibility index (Phi) is 3.61. The van der Waals surface area contributed by atoms with Gasteiger partial charge in [0.05, 0.1) is 10.6 Å². The Morgan fingerprint density at radius 2 is 2.07 bits per heavy atom. The van der Waals surface area contributed by atoms with Crippen LogP contribution in [0.1, 0.15) is 44.3 Å². The van der Waals surface area contributed by atoms with Gasteiger partial charge in [0.15, 0.2) is 0 Å². The summed E-state index contributed by atoms with van der Waals surface area (Å²) in [6.07, 6.45) is 0.958. The Labute approximate surface area is 90.1 Å². The van der Waals surface area contributed by atoms with Crippen LogP contribution in [0, 0.1) is 5.41 Å². The van der Waals surface area contributed by atoms with E-state index in [-0.39, 0.29) is 5.41 Å². The highest BCUT2D eigenvalue weighted by atomic mass is 32.1. The molecular formula is C10H19N3S. The summed E-state index contributed by atoms with van der Waals surface area (Å²) in [5.41, 5.74) is 1.33. The third kappa shape index (κ3) is 2.30. The second kappa shape index (κ2) is 4.36. The van der Waals surface area contributed by atoms with Crippen molar-refractivity contribution in [1.82, 2.24) is 14.9 Å². The first-order chi connectivity index (χ1) is 6.50. The maximum absolute atomic E-state index is 4.15. The molecule has 1 aromatic rings. The number of aryl methyl sites for hydroxylation is 1. The maximum atomic E-state index is 4.15. The Morgan fingerprint density at radius 3 is 2.50 bits per heavy atom. The van der Waals surface area contributed by atoms with Gasteiger partial charge in [-0.3, -0.25) is 0 Å². The minimum Gasteiger partial charge on any atom is -0.312 e. The molecule has 0 aromatic carbocycles. The average molecular weight is 213 g/mol. The van der Waals surface area contributed by atoms with E-state index in [1.54, 1.807) is 0 Å². The molecule has 0 spiro atoms. The third-order valence-electron chi connectivity index (χ3n) is 2.34. The largest absolute Gasteiger partial charge is 0.312 e. The molecule has 1 rings (SSSR count). The first kappa shape index (κ1) is 11.6. The Bertz CT molecular complexity index is 288. The van der Waals surface area contributed by atoms with Crippen molar-refractivity contribution in [3.05, 3.63) is 10.6 Å². The van der Waals surface area contributed by atoms with Gasteiger partial charge in [0.2, 0.25) is 0 Å². The van der Waals surface area contributed by atoms with Crippen molar-refractivity contribution in [1.29, 1.82) is 0 Å². The number of aromatic nitrogens is 2. The highest BCUT2D eigenvalue weighted by molar-refractivity contribution is 7.05. The Morgan fingerprint density at radius 1 is 1.43 bits per heavy atom. The molecular weight excluding hydrogens is 194 g/mol. The van der Waals surface area contributed by atoms with Gasteiger partial charge in [-0.25, -0.2) is 0 Å². The maximum Gasteiger partial charge on any atom is 0.0801 e. The molecule has 0 radical (unpaired) electrons. The Balaban J connectivity index is 3.01. The van der Waals surface area contributed by atoms with Crippen molar-refractivity contribution < 1.29 is 0 Å². The van der Waals surface area contributed by atoms with E-state index in [2.05, 4.69) is 42.6 Å². The number of rotatable bonds is 3. The van der Waals surface area contributed by atoms with E-state index >= 15 is 0 Å². The molecule has 0 bridgehead atoms. The van der Waals surface area contributed by atoms with Crippen molar-refractivity contribution in [2.45, 2.75) is 40.2 Å². The SMILES string of the molecule is CCc1nnsc1C(NC)C(C)(C)C. The summed E-state index contributed by atoms with van der Waals surface area (Å²) in [5, 5.41) is 7.50. The van der Waals surface area contributed by atoms with Crippen LogP contribution in [-0.4, -0.2) is 16.6 Å². The topological polar surface area (TPSA) is 37.8 Å². The van der Waals surface area contributed by atoms with Crippen LogP contribution in [0.15, 0.2) is 0 Å². The van der Waals surface area contributed by atoms with Crippen LogP contribution in [0.3, 0.4) is 0 Å². The fourth-order valence-corrected chi connectivity index (χ4v) is 2.73. The standard InChI is InChI=1S/C10H19N3S/c1-6-7-8(14-13-12-7)9(11-5)10(2,3)4/h9,11H,6H2,1-5H3. The quantitative estimate of drug-likeness (QED) is 0.838. The zero-order valence-corrected chi connectivity index (χ0v) is 10.4. The van der Waals surface area contributed by atoms with Gasteiger partial charge in [-0.05, 0) is 30.4 Å². The summed E-state index contributed by atoms with van der Waals surface area (Å²) in [5.74, 6) is 0. The molecule has 0 aliphatic heterocycles. The summed E-state index contributed by atoms with van der Waals surface area (Å²) in [6.45, 7) is 8.81. The fourth-order valence-electron chi connectivity index (χ4n) is 1.64. The minimum absolute atomic E-state index is 0.201. The van der Waals surface area contributed by atoms with Crippen LogP contribution < -0.4 is 5.32 Å². The van der Waals surface area contributed by atoms with Crippen molar-refractivity contribution in [2.75, 3.05) is 7.05 Å². The third-order valence-corrected chi connectivity index (χ3v) is 3.17. The van der Waals surface area contributed by atoms with Crippen LogP contribution in [0.5, 0.6) is 0 Å².